The van der Waals surface area contributed by atoms with Crippen LogP contribution in [0.3, 0.4) is 0 Å². The Bertz CT molecular complexity index is 604. The van der Waals surface area contributed by atoms with E-state index in [9.17, 15) is 14.4 Å². The van der Waals surface area contributed by atoms with E-state index in [1.807, 2.05) is 19.6 Å². The molecule has 1 N–H and O–H groups in total. The average molecular weight is 419 g/mol. The highest BCUT2D eigenvalue weighted by Gasteiger charge is 2.58. The zero-order valence-corrected chi connectivity index (χ0v) is 19.5. The van der Waals surface area contributed by atoms with E-state index in [1.165, 1.54) is 6.92 Å². The Hall–Kier alpha value is -0.846. The summed E-state index contributed by atoms with van der Waals surface area (Å²) in [6, 6.07) is -0.189. The summed E-state index contributed by atoms with van der Waals surface area (Å²) in [5, 5.41) is 0.0272. The van der Waals surface area contributed by atoms with Crippen molar-refractivity contribution < 1.29 is 23.5 Å². The monoisotopic (exact) mass is 418 g/mol. The first-order valence-electron chi connectivity index (χ1n) is 8.81. The molecule has 2 aliphatic rings. The summed E-state index contributed by atoms with van der Waals surface area (Å²) in [7, 11) is -3.69. The molecule has 2 saturated heterocycles. The zero-order chi connectivity index (χ0) is 19.9. The van der Waals surface area contributed by atoms with Crippen molar-refractivity contribution in [3.05, 3.63) is 0 Å². The van der Waals surface area contributed by atoms with Gasteiger partial charge < -0.3 is 19.0 Å². The Balaban J connectivity index is 2.16. The van der Waals surface area contributed by atoms with Crippen LogP contribution in [0.5, 0.6) is 0 Å². The maximum Gasteiger partial charge on any atom is 0.304 e. The van der Waals surface area contributed by atoms with E-state index < -0.39 is 27.9 Å². The summed E-state index contributed by atoms with van der Waals surface area (Å²) in [5.41, 5.74) is -0.993. The van der Waals surface area contributed by atoms with Crippen LogP contribution < -0.4 is 4.98 Å². The molecule has 0 spiro atoms. The summed E-state index contributed by atoms with van der Waals surface area (Å²) in [5.74, 6) is -0.316. The average Bonchev–Trinajstić information content (AvgIpc) is 2.47. The first-order valence-corrected chi connectivity index (χ1v) is 16.8. The lowest BCUT2D eigenvalue weighted by atomic mass is 9.88. The van der Waals surface area contributed by atoms with Gasteiger partial charge in [-0.05, 0) is 19.6 Å². The van der Waals surface area contributed by atoms with Gasteiger partial charge in [-0.3, -0.25) is 14.4 Å². The molecule has 10 heteroatoms. The lowest BCUT2D eigenvalue weighted by Gasteiger charge is -2.55. The Morgan fingerprint density at radius 2 is 1.88 bits per heavy atom. The fourth-order valence-corrected chi connectivity index (χ4v) is 6.62. The molecular weight excluding hydrogens is 388 g/mol. The van der Waals surface area contributed by atoms with Crippen molar-refractivity contribution in [3.8, 4) is 0 Å². The molecule has 2 rings (SSSR count). The van der Waals surface area contributed by atoms with E-state index in [-0.39, 0.29) is 36.4 Å². The number of fused-ring (bicyclic) bond motifs is 1. The molecule has 0 aliphatic carbocycles. The third-order valence-electron chi connectivity index (χ3n) is 4.12. The standard InChI is InChI=1S/C16H30N2O5SSi2/c1-11(19)22-9-16(15(21)23-26(5,6)7)8-18-13(20)12(14(18)24-10-16)17-25(2,3)4/h12,14,17H,8-10H2,1-7H3/t12?,14-,16?/m1/s1. The van der Waals surface area contributed by atoms with Gasteiger partial charge in [0.05, 0.1) is 0 Å². The summed E-state index contributed by atoms with van der Waals surface area (Å²) in [6.45, 7) is 13.8. The number of thioether (sulfide) groups is 1. The molecule has 7 nitrogen and oxygen atoms in total. The minimum atomic E-state index is -2.10. The molecule has 148 valence electrons. The molecule has 2 aliphatic heterocycles. The molecule has 0 aromatic rings. The van der Waals surface area contributed by atoms with E-state index in [0.717, 1.165) is 0 Å². The van der Waals surface area contributed by atoms with Crippen molar-refractivity contribution in [2.24, 2.45) is 5.41 Å². The molecule has 0 aromatic heterocycles. The molecular formula is C16H30N2O5SSi2. The van der Waals surface area contributed by atoms with Gasteiger partial charge in [-0.2, -0.15) is 0 Å². The third-order valence-corrected chi connectivity index (χ3v) is 7.68. The number of nitrogens with one attached hydrogen (secondary N) is 1. The van der Waals surface area contributed by atoms with Gasteiger partial charge in [0, 0.05) is 19.2 Å². The number of carbonyl (C=O) groups is 3. The highest BCUT2D eigenvalue weighted by molar-refractivity contribution is 8.00. The van der Waals surface area contributed by atoms with Crippen LogP contribution in [0, 0.1) is 5.41 Å². The van der Waals surface area contributed by atoms with E-state index in [1.54, 1.807) is 16.7 Å². The largest absolute Gasteiger partial charge is 0.519 e. The van der Waals surface area contributed by atoms with Crippen LogP contribution in [0.2, 0.25) is 39.3 Å². The zero-order valence-electron chi connectivity index (χ0n) is 16.7. The van der Waals surface area contributed by atoms with Gasteiger partial charge in [-0.1, -0.05) is 19.6 Å². The van der Waals surface area contributed by atoms with Crippen LogP contribution in [0.1, 0.15) is 6.92 Å². The highest BCUT2D eigenvalue weighted by atomic mass is 32.2. The van der Waals surface area contributed by atoms with Crippen LogP contribution in [0.15, 0.2) is 0 Å². The normalized spacial score (nSPS) is 28.9. The van der Waals surface area contributed by atoms with Gasteiger partial charge in [0.1, 0.15) is 31.7 Å². The van der Waals surface area contributed by atoms with E-state index >= 15 is 0 Å². The quantitative estimate of drug-likeness (QED) is 0.398. The van der Waals surface area contributed by atoms with Crippen LogP contribution in [0.4, 0.5) is 0 Å². The molecule has 3 atom stereocenters. The maximum absolute atomic E-state index is 12.9. The van der Waals surface area contributed by atoms with E-state index in [0.29, 0.717) is 5.75 Å². The number of ether oxygens (including phenoxy) is 1. The topological polar surface area (TPSA) is 84.9 Å². The number of esters is 1. The van der Waals surface area contributed by atoms with E-state index in [4.69, 9.17) is 9.16 Å². The van der Waals surface area contributed by atoms with Crippen molar-refractivity contribution >= 4 is 46.2 Å². The second kappa shape index (κ2) is 7.29. The first kappa shape index (κ1) is 21.5. The van der Waals surface area contributed by atoms with Gasteiger partial charge in [0.15, 0.2) is 0 Å². The van der Waals surface area contributed by atoms with Gasteiger partial charge in [0.2, 0.25) is 14.2 Å². The van der Waals surface area contributed by atoms with Crippen molar-refractivity contribution in [2.45, 2.75) is 57.6 Å². The molecule has 0 bridgehead atoms. The van der Waals surface area contributed by atoms with Crippen LogP contribution in [-0.2, 0) is 23.5 Å². The van der Waals surface area contributed by atoms with Gasteiger partial charge in [-0.15, -0.1) is 11.8 Å². The Kier molecular flexibility index (Phi) is 6.01. The molecule has 0 aromatic carbocycles. The van der Waals surface area contributed by atoms with Crippen LogP contribution in [-0.4, -0.2) is 69.6 Å². The van der Waals surface area contributed by atoms with Crippen molar-refractivity contribution in [1.29, 1.82) is 0 Å². The van der Waals surface area contributed by atoms with Crippen molar-refractivity contribution in [3.63, 3.8) is 0 Å². The lowest BCUT2D eigenvalue weighted by molar-refractivity contribution is -0.162. The molecule has 26 heavy (non-hydrogen) atoms. The molecule has 0 radical (unpaired) electrons. The molecule has 1 amide bonds. The minimum absolute atomic E-state index is 0.0117. The molecule has 2 unspecified atom stereocenters. The molecule has 2 fully saturated rings. The van der Waals surface area contributed by atoms with E-state index in [2.05, 4.69) is 24.6 Å². The number of nitrogens with zero attached hydrogens (tertiary/aromatic N) is 1. The number of rotatable bonds is 6. The Labute approximate surface area is 161 Å². The van der Waals surface area contributed by atoms with Crippen LogP contribution >= 0.6 is 11.8 Å². The van der Waals surface area contributed by atoms with Crippen molar-refractivity contribution in [1.82, 2.24) is 9.88 Å². The lowest BCUT2D eigenvalue weighted by Crippen LogP contribution is -2.76. The molecule has 0 saturated carbocycles. The fourth-order valence-electron chi connectivity index (χ4n) is 2.99. The maximum atomic E-state index is 12.9. The second-order valence-electron chi connectivity index (χ2n) is 9.10. The number of carbonyl (C=O) groups excluding carboxylic acids is 3. The highest BCUT2D eigenvalue weighted by Crippen LogP contribution is 2.43. The summed E-state index contributed by atoms with van der Waals surface area (Å²) in [4.78, 5) is 42.0. The summed E-state index contributed by atoms with van der Waals surface area (Å²) < 4.78 is 10.9. The summed E-state index contributed by atoms with van der Waals surface area (Å²) in [6.07, 6.45) is 0. The van der Waals surface area contributed by atoms with Gasteiger partial charge >= 0.3 is 11.9 Å². The first-order chi connectivity index (χ1) is 11.7. The predicted molar refractivity (Wildman–Crippen MR) is 107 cm³/mol. The number of amides is 1. The smallest absolute Gasteiger partial charge is 0.304 e. The summed E-state index contributed by atoms with van der Waals surface area (Å²) >= 11 is 1.57. The van der Waals surface area contributed by atoms with Crippen LogP contribution in [0.25, 0.3) is 0 Å². The Morgan fingerprint density at radius 1 is 1.27 bits per heavy atom. The SMILES string of the molecule is CC(=O)OCC1(C(=O)O[Si](C)(C)C)CS[C@@H]2C(N[Si](C)(C)C)C(=O)N2C1. The number of hydrogen-bond donors (Lipinski definition) is 1. The second-order valence-corrected chi connectivity index (χ2v) is 19.4. The fraction of sp³-hybridized carbons (Fsp3) is 0.812. The number of hydrogen-bond acceptors (Lipinski definition) is 7. The van der Waals surface area contributed by atoms with Gasteiger partial charge in [0.25, 0.3) is 0 Å². The predicted octanol–water partition coefficient (Wildman–Crippen LogP) is 1.62. The Morgan fingerprint density at radius 3 is 2.38 bits per heavy atom. The molecule has 2 heterocycles. The van der Waals surface area contributed by atoms with Crippen molar-refractivity contribution in [2.75, 3.05) is 18.9 Å². The third kappa shape index (κ3) is 4.90. The number of β-lactam (4-membered cyclic amide) rings is 1. The van der Waals surface area contributed by atoms with Gasteiger partial charge in [-0.25, -0.2) is 0 Å². The minimum Gasteiger partial charge on any atom is -0.519 e.